The molecule has 0 saturated carbocycles. The van der Waals surface area contributed by atoms with Crippen molar-refractivity contribution in [1.29, 1.82) is 0 Å². The lowest BCUT2D eigenvalue weighted by Gasteiger charge is -2.07. The number of para-hydroxylation sites is 1. The number of benzene rings is 3. The predicted octanol–water partition coefficient (Wildman–Crippen LogP) is 5.78. The molecule has 0 saturated heterocycles. The third kappa shape index (κ3) is 3.52. The molecule has 2 aromatic heterocycles. The maximum atomic E-state index is 12.7. The molecule has 5 aromatic rings. The van der Waals surface area contributed by atoms with Gasteiger partial charge in [-0.2, -0.15) is 0 Å². The number of furan rings is 1. The first-order chi connectivity index (χ1) is 15.5. The third-order valence-corrected chi connectivity index (χ3v) is 5.24. The highest BCUT2D eigenvalue weighted by Crippen LogP contribution is 2.29. The minimum absolute atomic E-state index is 0.145. The van der Waals surface area contributed by atoms with Gasteiger partial charge in [0.15, 0.2) is 22.5 Å². The van der Waals surface area contributed by atoms with Crippen molar-refractivity contribution in [2.24, 2.45) is 0 Å². The number of nitrogens with one attached hydrogen (secondary N) is 1. The Morgan fingerprint density at radius 1 is 0.938 bits per heavy atom. The first-order valence-electron chi connectivity index (χ1n) is 10.0. The van der Waals surface area contributed by atoms with Crippen LogP contribution in [0, 0.1) is 6.92 Å². The summed E-state index contributed by atoms with van der Waals surface area (Å²) in [5, 5.41) is 3.92. The van der Waals surface area contributed by atoms with E-state index in [1.54, 1.807) is 37.4 Å². The first kappa shape index (κ1) is 19.6. The summed E-state index contributed by atoms with van der Waals surface area (Å²) in [6.45, 7) is 1.98. The van der Waals surface area contributed by atoms with Gasteiger partial charge in [0.1, 0.15) is 11.3 Å². The van der Waals surface area contributed by atoms with Gasteiger partial charge in [-0.15, -0.1) is 0 Å². The molecule has 0 bridgehead atoms. The van der Waals surface area contributed by atoms with E-state index in [0.717, 1.165) is 16.5 Å². The smallest absolute Gasteiger partial charge is 0.291 e. The van der Waals surface area contributed by atoms with Gasteiger partial charge >= 0.3 is 0 Å². The van der Waals surface area contributed by atoms with Crippen molar-refractivity contribution in [3.05, 3.63) is 94.3 Å². The molecule has 0 aliphatic carbocycles. The van der Waals surface area contributed by atoms with Gasteiger partial charge < -0.3 is 18.9 Å². The zero-order valence-electron chi connectivity index (χ0n) is 17.5. The maximum absolute atomic E-state index is 12.7. The molecule has 0 radical (unpaired) electrons. The Morgan fingerprint density at radius 3 is 2.59 bits per heavy atom. The van der Waals surface area contributed by atoms with Gasteiger partial charge in [-0.1, -0.05) is 35.9 Å². The van der Waals surface area contributed by atoms with Crippen LogP contribution in [0.5, 0.6) is 5.75 Å². The topological polar surface area (TPSA) is 81.7 Å². The third-order valence-electron chi connectivity index (χ3n) is 5.24. The van der Waals surface area contributed by atoms with Gasteiger partial charge in [0.05, 0.1) is 12.5 Å². The monoisotopic (exact) mass is 425 g/mol. The fraction of sp³-hybridized carbons (Fsp3) is 0.0769. The summed E-state index contributed by atoms with van der Waals surface area (Å²) in [4.78, 5) is 25.5. The normalized spacial score (nSPS) is 11.1. The fourth-order valence-electron chi connectivity index (χ4n) is 3.68. The van der Waals surface area contributed by atoms with Crippen LogP contribution in [0.1, 0.15) is 16.1 Å². The minimum atomic E-state index is -0.427. The van der Waals surface area contributed by atoms with Crippen molar-refractivity contribution in [2.45, 2.75) is 6.92 Å². The number of rotatable bonds is 4. The van der Waals surface area contributed by atoms with Gasteiger partial charge in [0.2, 0.25) is 0 Å². The van der Waals surface area contributed by atoms with Crippen LogP contribution in [0.2, 0.25) is 0 Å². The minimum Gasteiger partial charge on any atom is -0.493 e. The van der Waals surface area contributed by atoms with Crippen LogP contribution in [0.4, 0.5) is 5.69 Å². The van der Waals surface area contributed by atoms with Gasteiger partial charge in [0, 0.05) is 22.7 Å². The van der Waals surface area contributed by atoms with Crippen LogP contribution in [0.25, 0.3) is 33.3 Å². The van der Waals surface area contributed by atoms with Crippen LogP contribution in [-0.4, -0.2) is 13.0 Å². The molecule has 0 unspecified atom stereocenters. The lowest BCUT2D eigenvalue weighted by Crippen LogP contribution is -2.11. The second-order valence-corrected chi connectivity index (χ2v) is 7.50. The second kappa shape index (κ2) is 7.74. The van der Waals surface area contributed by atoms with E-state index < -0.39 is 5.91 Å². The maximum Gasteiger partial charge on any atom is 0.291 e. The summed E-state index contributed by atoms with van der Waals surface area (Å²) in [5.74, 6) is 0.767. The van der Waals surface area contributed by atoms with Crippen LogP contribution in [0.3, 0.4) is 0 Å². The average Bonchev–Trinajstić information content (AvgIpc) is 3.24. The van der Waals surface area contributed by atoms with E-state index in [0.29, 0.717) is 33.7 Å². The van der Waals surface area contributed by atoms with Gasteiger partial charge in [0.25, 0.3) is 5.91 Å². The van der Waals surface area contributed by atoms with E-state index in [2.05, 4.69) is 5.32 Å². The van der Waals surface area contributed by atoms with Crippen molar-refractivity contribution in [3.63, 3.8) is 0 Å². The van der Waals surface area contributed by atoms with E-state index in [9.17, 15) is 9.59 Å². The summed E-state index contributed by atoms with van der Waals surface area (Å²) < 4.78 is 16.9. The molecule has 1 N–H and O–H groups in total. The van der Waals surface area contributed by atoms with Crippen molar-refractivity contribution in [2.75, 3.05) is 12.4 Å². The Balaban J connectivity index is 1.46. The zero-order valence-corrected chi connectivity index (χ0v) is 17.5. The highest BCUT2D eigenvalue weighted by Gasteiger charge is 2.16. The van der Waals surface area contributed by atoms with Crippen LogP contribution in [0.15, 0.2) is 86.4 Å². The summed E-state index contributed by atoms with van der Waals surface area (Å²) in [6, 6.07) is 21.3. The number of ether oxygens (including phenoxy) is 1. The second-order valence-electron chi connectivity index (χ2n) is 7.50. The fourth-order valence-corrected chi connectivity index (χ4v) is 3.68. The molecule has 158 valence electrons. The van der Waals surface area contributed by atoms with Gasteiger partial charge in [-0.3, -0.25) is 9.59 Å². The largest absolute Gasteiger partial charge is 0.493 e. The van der Waals surface area contributed by atoms with E-state index in [4.69, 9.17) is 13.6 Å². The Bertz CT molecular complexity index is 1540. The number of carbonyl (C=O) groups excluding carboxylic acids is 1. The molecule has 0 fully saturated rings. The van der Waals surface area contributed by atoms with Crippen molar-refractivity contribution >= 4 is 33.5 Å². The molecule has 0 aliphatic rings. The zero-order chi connectivity index (χ0) is 22.2. The first-order valence-corrected chi connectivity index (χ1v) is 10.0. The van der Waals surface area contributed by atoms with Crippen molar-refractivity contribution in [1.82, 2.24) is 0 Å². The van der Waals surface area contributed by atoms with Gasteiger partial charge in [-0.05, 0) is 43.3 Å². The molecule has 32 heavy (non-hydrogen) atoms. The number of aryl methyl sites for hydroxylation is 1. The lowest BCUT2D eigenvalue weighted by atomic mass is 10.1. The molecule has 3 aromatic carbocycles. The molecule has 0 aliphatic heterocycles. The van der Waals surface area contributed by atoms with Gasteiger partial charge in [-0.25, -0.2) is 0 Å². The standard InChI is InChI=1S/C26H19NO5/c1-15-5-3-6-16(11-15)23-14-20(28)19-13-18(9-10-21(19)31-23)27-26(29)24-12-17-7-4-8-22(30-2)25(17)32-24/h3-14H,1-2H3,(H,27,29). The Morgan fingerprint density at radius 2 is 1.78 bits per heavy atom. The summed E-state index contributed by atoms with van der Waals surface area (Å²) >= 11 is 0. The number of anilines is 1. The predicted molar refractivity (Wildman–Crippen MR) is 123 cm³/mol. The molecule has 2 heterocycles. The number of carbonyl (C=O) groups is 1. The van der Waals surface area contributed by atoms with Crippen LogP contribution >= 0.6 is 0 Å². The Labute approximate surface area is 183 Å². The lowest BCUT2D eigenvalue weighted by molar-refractivity contribution is 0.0998. The SMILES string of the molecule is COc1cccc2cc(C(=O)Nc3ccc4oc(-c5cccc(C)c5)cc(=O)c4c3)oc12. The Hall–Kier alpha value is -4.32. The molecule has 1 amide bonds. The molecule has 5 rings (SSSR count). The summed E-state index contributed by atoms with van der Waals surface area (Å²) in [7, 11) is 1.54. The number of methoxy groups -OCH3 is 1. The van der Waals surface area contributed by atoms with Crippen LogP contribution in [-0.2, 0) is 0 Å². The highest BCUT2D eigenvalue weighted by molar-refractivity contribution is 6.05. The average molecular weight is 425 g/mol. The molecule has 0 atom stereocenters. The van der Waals surface area contributed by atoms with E-state index in [1.165, 1.54) is 6.07 Å². The molecule has 6 heteroatoms. The number of hydrogen-bond acceptors (Lipinski definition) is 5. The van der Waals surface area contributed by atoms with E-state index in [-0.39, 0.29) is 11.2 Å². The quantitative estimate of drug-likeness (QED) is 0.395. The molecular formula is C26H19NO5. The molecular weight excluding hydrogens is 406 g/mol. The van der Waals surface area contributed by atoms with Crippen molar-refractivity contribution < 1.29 is 18.4 Å². The molecule has 6 nitrogen and oxygen atoms in total. The summed E-state index contributed by atoms with van der Waals surface area (Å²) in [5.41, 5.74) is 3.13. The van der Waals surface area contributed by atoms with Crippen LogP contribution < -0.4 is 15.5 Å². The highest BCUT2D eigenvalue weighted by atomic mass is 16.5. The van der Waals surface area contributed by atoms with Crippen molar-refractivity contribution in [3.8, 4) is 17.1 Å². The Kier molecular flexibility index (Phi) is 4.75. The van der Waals surface area contributed by atoms with E-state index in [1.807, 2.05) is 43.3 Å². The number of hydrogen-bond donors (Lipinski definition) is 1. The number of fused-ring (bicyclic) bond motifs is 2. The molecule has 0 spiro atoms. The number of amides is 1. The van der Waals surface area contributed by atoms with E-state index >= 15 is 0 Å². The summed E-state index contributed by atoms with van der Waals surface area (Å²) in [6.07, 6.45) is 0.